The maximum absolute atomic E-state index is 11.0. The topological polar surface area (TPSA) is 55.8 Å². The number of carboxylic acids is 1. The number of carbonyl (C=O) groups is 1. The zero-order valence-electron chi connectivity index (χ0n) is 12.7. The minimum Gasteiger partial charge on any atom is -0.493 e. The first-order valence-corrected chi connectivity index (χ1v) is 6.71. The van der Waals surface area contributed by atoms with Gasteiger partial charge in [0, 0.05) is 0 Å². The number of ether oxygens (including phenoxy) is 2. The zero-order chi connectivity index (χ0) is 15.8. The smallest absolute Gasteiger partial charge is 0.335 e. The maximum atomic E-state index is 11.0. The van der Waals surface area contributed by atoms with Crippen molar-refractivity contribution in [3.05, 3.63) is 48.0 Å². The average molecular weight is 288 g/mol. The van der Waals surface area contributed by atoms with Crippen molar-refractivity contribution in [1.29, 1.82) is 0 Å². The molecule has 0 aliphatic carbocycles. The first-order chi connectivity index (χ1) is 10.2. The van der Waals surface area contributed by atoms with Crippen LogP contribution < -0.4 is 9.47 Å². The number of hydrogen-bond acceptors (Lipinski definition) is 3. The summed E-state index contributed by atoms with van der Waals surface area (Å²) in [5, 5.41) is 8.99. The van der Waals surface area contributed by atoms with Crippen molar-refractivity contribution in [1.82, 2.24) is 0 Å². The molecule has 0 aliphatic heterocycles. The summed E-state index contributed by atoms with van der Waals surface area (Å²) in [7, 11) is 3.14. The average Bonchev–Trinajstić information content (AvgIpc) is 2.56. The molecule has 0 aliphatic rings. The van der Waals surface area contributed by atoms with Crippen LogP contribution >= 0.6 is 0 Å². The van der Waals surface area contributed by atoms with Gasteiger partial charge in [0.25, 0.3) is 0 Å². The third-order valence-corrected chi connectivity index (χ3v) is 2.83. The van der Waals surface area contributed by atoms with Gasteiger partial charge in [0.15, 0.2) is 11.5 Å². The summed E-state index contributed by atoms with van der Waals surface area (Å²) in [4.78, 5) is 11.0. The minimum atomic E-state index is -0.942. The van der Waals surface area contributed by atoms with E-state index in [2.05, 4.69) is 0 Å². The molecule has 21 heavy (non-hydrogen) atoms. The van der Waals surface area contributed by atoms with Crippen molar-refractivity contribution in [3.8, 4) is 22.6 Å². The molecule has 0 heterocycles. The fraction of sp³-hybridized carbons (Fsp3) is 0.235. The predicted molar refractivity (Wildman–Crippen MR) is 83.3 cm³/mol. The van der Waals surface area contributed by atoms with E-state index in [9.17, 15) is 4.79 Å². The van der Waals surface area contributed by atoms with Gasteiger partial charge in [0.2, 0.25) is 0 Å². The quantitative estimate of drug-likeness (QED) is 0.920. The molecule has 0 spiro atoms. The third-order valence-electron chi connectivity index (χ3n) is 2.83. The van der Waals surface area contributed by atoms with E-state index >= 15 is 0 Å². The molecule has 4 heteroatoms. The van der Waals surface area contributed by atoms with Gasteiger partial charge < -0.3 is 14.6 Å². The SMILES string of the molecule is CC.COc1ccc(-c2cccc(C(=O)O)c2)cc1OC. The molecule has 0 unspecified atom stereocenters. The van der Waals surface area contributed by atoms with E-state index in [0.717, 1.165) is 11.1 Å². The largest absolute Gasteiger partial charge is 0.493 e. The van der Waals surface area contributed by atoms with E-state index < -0.39 is 5.97 Å². The van der Waals surface area contributed by atoms with Crippen molar-refractivity contribution in [2.75, 3.05) is 14.2 Å². The Morgan fingerprint density at radius 3 is 2.10 bits per heavy atom. The van der Waals surface area contributed by atoms with Crippen LogP contribution in [0.15, 0.2) is 42.5 Å². The molecule has 0 atom stereocenters. The molecular formula is C17H20O4. The van der Waals surface area contributed by atoms with Crippen molar-refractivity contribution in [3.63, 3.8) is 0 Å². The van der Waals surface area contributed by atoms with Crippen LogP contribution in [0.25, 0.3) is 11.1 Å². The molecule has 0 amide bonds. The van der Waals surface area contributed by atoms with E-state index in [-0.39, 0.29) is 5.56 Å². The first-order valence-electron chi connectivity index (χ1n) is 6.71. The lowest BCUT2D eigenvalue weighted by Crippen LogP contribution is -1.96. The lowest BCUT2D eigenvalue weighted by molar-refractivity contribution is 0.0697. The van der Waals surface area contributed by atoms with E-state index in [1.54, 1.807) is 38.5 Å². The van der Waals surface area contributed by atoms with Gasteiger partial charge >= 0.3 is 5.97 Å². The van der Waals surface area contributed by atoms with Crippen molar-refractivity contribution in [2.45, 2.75) is 13.8 Å². The highest BCUT2D eigenvalue weighted by Crippen LogP contribution is 2.32. The van der Waals surface area contributed by atoms with Crippen LogP contribution in [0.1, 0.15) is 24.2 Å². The second-order valence-electron chi connectivity index (χ2n) is 3.96. The van der Waals surface area contributed by atoms with Gasteiger partial charge in [-0.1, -0.05) is 32.0 Å². The highest BCUT2D eigenvalue weighted by atomic mass is 16.5. The summed E-state index contributed by atoms with van der Waals surface area (Å²) in [5.74, 6) is 0.309. The first kappa shape index (κ1) is 16.6. The molecule has 4 nitrogen and oxygen atoms in total. The number of benzene rings is 2. The number of hydrogen-bond donors (Lipinski definition) is 1. The van der Waals surface area contributed by atoms with Gasteiger partial charge in [0.05, 0.1) is 19.8 Å². The van der Waals surface area contributed by atoms with Crippen LogP contribution in [-0.4, -0.2) is 25.3 Å². The highest BCUT2D eigenvalue weighted by molar-refractivity contribution is 5.89. The standard InChI is InChI=1S/C15H14O4.C2H6/c1-18-13-7-6-11(9-14(13)19-2)10-4-3-5-12(8-10)15(16)17;1-2/h3-9H,1-2H3,(H,16,17);1-2H3. The third kappa shape index (κ3) is 3.99. The molecule has 0 saturated heterocycles. The molecule has 0 fully saturated rings. The Morgan fingerprint density at radius 2 is 1.52 bits per heavy atom. The molecule has 0 radical (unpaired) electrons. The van der Waals surface area contributed by atoms with Crippen molar-refractivity contribution >= 4 is 5.97 Å². The van der Waals surface area contributed by atoms with E-state index in [1.807, 2.05) is 32.0 Å². The van der Waals surface area contributed by atoms with Gasteiger partial charge in [-0.15, -0.1) is 0 Å². The van der Waals surface area contributed by atoms with Crippen LogP contribution in [-0.2, 0) is 0 Å². The second kappa shape index (κ2) is 7.94. The molecule has 0 saturated carbocycles. The summed E-state index contributed by atoms with van der Waals surface area (Å²) >= 11 is 0. The maximum Gasteiger partial charge on any atom is 0.335 e. The summed E-state index contributed by atoms with van der Waals surface area (Å²) in [5.41, 5.74) is 1.95. The Kier molecular flexibility index (Phi) is 6.27. The van der Waals surface area contributed by atoms with Gasteiger partial charge in [-0.05, 0) is 35.4 Å². The fourth-order valence-corrected chi connectivity index (χ4v) is 1.85. The second-order valence-corrected chi connectivity index (χ2v) is 3.96. The van der Waals surface area contributed by atoms with E-state index in [1.165, 1.54) is 0 Å². The van der Waals surface area contributed by atoms with Crippen LogP contribution in [0, 0.1) is 0 Å². The van der Waals surface area contributed by atoms with Crippen LogP contribution in [0.2, 0.25) is 0 Å². The minimum absolute atomic E-state index is 0.257. The number of rotatable bonds is 4. The number of carboxylic acid groups (broad SMARTS) is 1. The van der Waals surface area contributed by atoms with E-state index in [4.69, 9.17) is 14.6 Å². The Labute approximate surface area is 125 Å². The monoisotopic (exact) mass is 288 g/mol. The molecule has 0 bridgehead atoms. The normalized spacial score (nSPS) is 9.33. The van der Waals surface area contributed by atoms with Crippen LogP contribution in [0.4, 0.5) is 0 Å². The fourth-order valence-electron chi connectivity index (χ4n) is 1.85. The molecule has 0 aromatic heterocycles. The molecule has 2 aromatic rings. The van der Waals surface area contributed by atoms with Crippen LogP contribution in [0.3, 0.4) is 0 Å². The molecular weight excluding hydrogens is 268 g/mol. The Bertz CT molecular complexity index is 605. The predicted octanol–water partition coefficient (Wildman–Crippen LogP) is 4.10. The molecule has 1 N–H and O–H groups in total. The molecule has 112 valence electrons. The summed E-state index contributed by atoms with van der Waals surface area (Å²) in [6.45, 7) is 4.00. The van der Waals surface area contributed by atoms with Gasteiger partial charge in [-0.2, -0.15) is 0 Å². The summed E-state index contributed by atoms with van der Waals surface area (Å²) in [6.07, 6.45) is 0. The zero-order valence-corrected chi connectivity index (χ0v) is 12.7. The lowest BCUT2D eigenvalue weighted by Gasteiger charge is -2.10. The van der Waals surface area contributed by atoms with Crippen molar-refractivity contribution < 1.29 is 19.4 Å². The molecule has 2 rings (SSSR count). The Morgan fingerprint density at radius 1 is 0.905 bits per heavy atom. The van der Waals surface area contributed by atoms with Gasteiger partial charge in [0.1, 0.15) is 0 Å². The summed E-state index contributed by atoms with van der Waals surface area (Å²) in [6, 6.07) is 12.2. The Balaban J connectivity index is 0.00000106. The van der Waals surface area contributed by atoms with Crippen molar-refractivity contribution in [2.24, 2.45) is 0 Å². The summed E-state index contributed by atoms with van der Waals surface area (Å²) < 4.78 is 10.4. The van der Waals surface area contributed by atoms with Gasteiger partial charge in [-0.3, -0.25) is 0 Å². The van der Waals surface area contributed by atoms with E-state index in [0.29, 0.717) is 11.5 Å². The van der Waals surface area contributed by atoms with Crippen LogP contribution in [0.5, 0.6) is 11.5 Å². The number of methoxy groups -OCH3 is 2. The number of aromatic carboxylic acids is 1. The lowest BCUT2D eigenvalue weighted by atomic mass is 10.0. The highest BCUT2D eigenvalue weighted by Gasteiger charge is 2.08. The molecule has 2 aromatic carbocycles. The van der Waals surface area contributed by atoms with Gasteiger partial charge in [-0.25, -0.2) is 4.79 Å². The Hall–Kier alpha value is -2.49.